The number of nitrogens with one attached hydrogen (secondary N) is 1. The Morgan fingerprint density at radius 2 is 1.90 bits per heavy atom. The maximum Gasteiger partial charge on any atom is 0.0195 e. The van der Waals surface area contributed by atoms with Crippen molar-refractivity contribution in [2.75, 3.05) is 7.05 Å². The van der Waals surface area contributed by atoms with E-state index in [4.69, 9.17) is 0 Å². The first-order valence-corrected chi connectivity index (χ1v) is 5.14. The largest absolute Gasteiger partial charge is 0.258 e. The molecule has 3 heteroatoms. The minimum Gasteiger partial charge on any atom is -0.258 e. The predicted molar refractivity (Wildman–Crippen MR) is 48.9 cm³/mol. The highest BCUT2D eigenvalue weighted by molar-refractivity contribution is 8.76. The summed E-state index contributed by atoms with van der Waals surface area (Å²) in [4.78, 5) is 1.28. The lowest BCUT2D eigenvalue weighted by Gasteiger charge is -1.96. The molecular weight excluding hydrogens is 162 g/mol. The van der Waals surface area contributed by atoms with Gasteiger partial charge in [-0.25, -0.2) is 0 Å². The van der Waals surface area contributed by atoms with Crippen molar-refractivity contribution >= 4 is 21.8 Å². The molecule has 0 aromatic heterocycles. The first-order valence-electron chi connectivity index (χ1n) is 2.99. The Bertz CT molecular complexity index is 176. The van der Waals surface area contributed by atoms with Crippen LogP contribution in [0.3, 0.4) is 0 Å². The van der Waals surface area contributed by atoms with Crippen LogP contribution in [0.5, 0.6) is 0 Å². The highest BCUT2D eigenvalue weighted by Crippen LogP contribution is 2.26. The third kappa shape index (κ3) is 2.64. The maximum atomic E-state index is 3.00. The van der Waals surface area contributed by atoms with E-state index in [0.29, 0.717) is 0 Å². The van der Waals surface area contributed by atoms with E-state index in [-0.39, 0.29) is 0 Å². The highest BCUT2D eigenvalue weighted by Gasteiger charge is 1.88. The van der Waals surface area contributed by atoms with Crippen molar-refractivity contribution in [2.45, 2.75) is 4.90 Å². The van der Waals surface area contributed by atoms with Crippen LogP contribution in [0.1, 0.15) is 0 Å². The number of hydrogen-bond donors (Lipinski definition) is 1. The summed E-state index contributed by atoms with van der Waals surface area (Å²) in [5, 5.41) is 0. The van der Waals surface area contributed by atoms with Gasteiger partial charge in [-0.1, -0.05) is 18.2 Å². The Morgan fingerprint density at radius 1 is 1.20 bits per heavy atom. The third-order valence-electron chi connectivity index (χ3n) is 0.964. The van der Waals surface area contributed by atoms with Crippen molar-refractivity contribution in [1.29, 1.82) is 0 Å². The van der Waals surface area contributed by atoms with Crippen LogP contribution in [0.4, 0.5) is 0 Å². The van der Waals surface area contributed by atoms with Crippen molar-refractivity contribution in [3.05, 3.63) is 30.3 Å². The molecule has 0 fully saturated rings. The quantitative estimate of drug-likeness (QED) is 0.554. The van der Waals surface area contributed by atoms with Gasteiger partial charge in [-0.3, -0.25) is 4.72 Å². The summed E-state index contributed by atoms with van der Waals surface area (Å²) in [6, 6.07) is 10.3. The summed E-state index contributed by atoms with van der Waals surface area (Å²) in [7, 11) is 5.27. The molecular formula is C7H9NS2. The molecule has 10 heavy (non-hydrogen) atoms. The van der Waals surface area contributed by atoms with E-state index >= 15 is 0 Å². The Morgan fingerprint density at radius 3 is 2.50 bits per heavy atom. The van der Waals surface area contributed by atoms with Crippen LogP contribution in [0.25, 0.3) is 0 Å². The standard InChI is InChI=1S/C7H9NS2/c1-8-10-9-7-5-3-2-4-6-7/h2-6,8H,1H3. The van der Waals surface area contributed by atoms with E-state index in [1.165, 1.54) is 4.90 Å². The zero-order valence-electron chi connectivity index (χ0n) is 5.70. The van der Waals surface area contributed by atoms with Crippen molar-refractivity contribution in [2.24, 2.45) is 0 Å². The molecule has 1 N–H and O–H groups in total. The average molecular weight is 171 g/mol. The smallest absolute Gasteiger partial charge is 0.0195 e. The van der Waals surface area contributed by atoms with Crippen molar-refractivity contribution < 1.29 is 0 Å². The van der Waals surface area contributed by atoms with Gasteiger partial charge in [-0.05, 0) is 41.0 Å². The Hall–Kier alpha value is -0.120. The lowest BCUT2D eigenvalue weighted by atomic mass is 10.4. The second kappa shape index (κ2) is 4.66. The molecule has 1 rings (SSSR count). The normalized spacial score (nSPS) is 9.70. The van der Waals surface area contributed by atoms with Gasteiger partial charge < -0.3 is 0 Å². The molecule has 0 unspecified atom stereocenters. The van der Waals surface area contributed by atoms with Crippen LogP contribution < -0.4 is 4.72 Å². The fourth-order valence-electron chi connectivity index (χ4n) is 0.566. The van der Waals surface area contributed by atoms with Crippen LogP contribution in [0.2, 0.25) is 0 Å². The molecule has 0 atom stereocenters. The number of rotatable bonds is 3. The van der Waals surface area contributed by atoms with Gasteiger partial charge in [0.25, 0.3) is 0 Å². The minimum absolute atomic E-state index is 1.28. The zero-order chi connectivity index (χ0) is 7.23. The van der Waals surface area contributed by atoms with Crippen LogP contribution in [0, 0.1) is 0 Å². The Balaban J connectivity index is 2.43. The Kier molecular flexibility index (Phi) is 3.72. The molecule has 0 saturated heterocycles. The van der Waals surface area contributed by atoms with E-state index in [1.807, 2.05) is 25.2 Å². The fourth-order valence-corrected chi connectivity index (χ4v) is 1.89. The molecule has 0 amide bonds. The topological polar surface area (TPSA) is 12.0 Å². The van der Waals surface area contributed by atoms with Gasteiger partial charge >= 0.3 is 0 Å². The number of hydrogen-bond acceptors (Lipinski definition) is 3. The van der Waals surface area contributed by atoms with Crippen molar-refractivity contribution in [1.82, 2.24) is 4.72 Å². The van der Waals surface area contributed by atoms with E-state index in [2.05, 4.69) is 16.9 Å². The maximum absolute atomic E-state index is 3.00. The van der Waals surface area contributed by atoms with E-state index in [0.717, 1.165) is 0 Å². The monoisotopic (exact) mass is 171 g/mol. The molecule has 1 aromatic rings. The van der Waals surface area contributed by atoms with Crippen LogP contribution >= 0.6 is 21.8 Å². The first-order chi connectivity index (χ1) is 4.93. The molecule has 0 saturated carbocycles. The third-order valence-corrected chi connectivity index (χ3v) is 3.01. The summed E-state index contributed by atoms with van der Waals surface area (Å²) in [5.74, 6) is 0. The average Bonchev–Trinajstić information content (AvgIpc) is 2.03. The summed E-state index contributed by atoms with van der Waals surface area (Å²) in [6.45, 7) is 0. The van der Waals surface area contributed by atoms with E-state index < -0.39 is 0 Å². The molecule has 0 aliphatic carbocycles. The molecule has 1 nitrogen and oxygen atoms in total. The summed E-state index contributed by atoms with van der Waals surface area (Å²) >= 11 is 0. The fraction of sp³-hybridized carbons (Fsp3) is 0.143. The lowest BCUT2D eigenvalue weighted by Crippen LogP contribution is -1.85. The van der Waals surface area contributed by atoms with Gasteiger partial charge in [-0.15, -0.1) is 0 Å². The van der Waals surface area contributed by atoms with Crippen LogP contribution in [-0.4, -0.2) is 7.05 Å². The van der Waals surface area contributed by atoms with Gasteiger partial charge in [0.2, 0.25) is 0 Å². The second-order valence-corrected chi connectivity index (χ2v) is 3.90. The molecule has 0 bridgehead atoms. The molecule has 1 aromatic carbocycles. The van der Waals surface area contributed by atoms with Gasteiger partial charge in [0.1, 0.15) is 0 Å². The van der Waals surface area contributed by atoms with Crippen LogP contribution in [0.15, 0.2) is 35.2 Å². The minimum atomic E-state index is 1.28. The van der Waals surface area contributed by atoms with Crippen molar-refractivity contribution in [3.63, 3.8) is 0 Å². The SMILES string of the molecule is CNSSc1ccccc1. The van der Waals surface area contributed by atoms with E-state index in [9.17, 15) is 0 Å². The molecule has 0 aliphatic rings. The van der Waals surface area contributed by atoms with Crippen molar-refractivity contribution in [3.8, 4) is 0 Å². The zero-order valence-corrected chi connectivity index (χ0v) is 7.34. The molecule has 0 aliphatic heterocycles. The van der Waals surface area contributed by atoms with Gasteiger partial charge in [0.05, 0.1) is 0 Å². The summed E-state index contributed by atoms with van der Waals surface area (Å²) in [5.41, 5.74) is 0. The van der Waals surface area contributed by atoms with Gasteiger partial charge in [0.15, 0.2) is 0 Å². The van der Waals surface area contributed by atoms with Gasteiger partial charge in [0, 0.05) is 4.90 Å². The van der Waals surface area contributed by atoms with Crippen LogP contribution in [-0.2, 0) is 0 Å². The second-order valence-electron chi connectivity index (χ2n) is 1.68. The predicted octanol–water partition coefficient (Wildman–Crippen LogP) is 2.56. The van der Waals surface area contributed by atoms with E-state index in [1.54, 1.807) is 21.8 Å². The lowest BCUT2D eigenvalue weighted by molar-refractivity contribution is 1.31. The Labute approximate surface area is 69.1 Å². The molecule has 0 radical (unpaired) electrons. The van der Waals surface area contributed by atoms with Gasteiger partial charge in [-0.2, -0.15) is 0 Å². The summed E-state index contributed by atoms with van der Waals surface area (Å²) < 4.78 is 3.00. The molecule has 54 valence electrons. The highest BCUT2D eigenvalue weighted by atomic mass is 33.1. The number of benzene rings is 1. The first kappa shape index (κ1) is 7.98. The molecule has 0 heterocycles. The summed E-state index contributed by atoms with van der Waals surface area (Å²) in [6.07, 6.45) is 0. The molecule has 0 spiro atoms.